The van der Waals surface area contributed by atoms with E-state index in [1.54, 1.807) is 0 Å². The predicted molar refractivity (Wildman–Crippen MR) is 75.6 cm³/mol. The molecule has 0 unspecified atom stereocenters. The van der Waals surface area contributed by atoms with Gasteiger partial charge in [0.2, 0.25) is 0 Å². The molecule has 0 heterocycles. The minimum Gasteiger partial charge on any atom is -0.423 e. The zero-order chi connectivity index (χ0) is 11.7. The van der Waals surface area contributed by atoms with Gasteiger partial charge in [-0.2, -0.15) is 0 Å². The van der Waals surface area contributed by atoms with Crippen LogP contribution in [0, 0.1) is 5.92 Å². The molecule has 0 saturated carbocycles. The summed E-state index contributed by atoms with van der Waals surface area (Å²) in [4.78, 5) is 0. The molecule has 0 rings (SSSR count). The Morgan fingerprint density at radius 1 is 1.13 bits per heavy atom. The number of hydrogen-bond acceptors (Lipinski definition) is 1. The standard InChI is InChI=1S/C12H27BrOSi/c1-11(2)12(3,4)15-14-10-8-6-5-7-9-13/h11H,5-10,15H2,1-4H3. The Morgan fingerprint density at radius 3 is 2.27 bits per heavy atom. The van der Waals surface area contributed by atoms with Crippen molar-refractivity contribution >= 4 is 25.7 Å². The maximum atomic E-state index is 5.87. The summed E-state index contributed by atoms with van der Waals surface area (Å²) in [6.45, 7) is 10.3. The van der Waals surface area contributed by atoms with Crippen molar-refractivity contribution in [3.05, 3.63) is 0 Å². The van der Waals surface area contributed by atoms with Crippen molar-refractivity contribution < 1.29 is 4.43 Å². The monoisotopic (exact) mass is 294 g/mol. The summed E-state index contributed by atoms with van der Waals surface area (Å²) in [5.74, 6) is 0.748. The zero-order valence-corrected chi connectivity index (χ0v) is 13.8. The van der Waals surface area contributed by atoms with E-state index >= 15 is 0 Å². The largest absolute Gasteiger partial charge is 0.423 e. The first-order valence-electron chi connectivity index (χ1n) is 6.14. The molecule has 0 bridgehead atoms. The zero-order valence-electron chi connectivity index (χ0n) is 10.8. The Labute approximate surface area is 106 Å². The van der Waals surface area contributed by atoms with E-state index in [2.05, 4.69) is 43.6 Å². The first kappa shape index (κ1) is 15.7. The van der Waals surface area contributed by atoms with Gasteiger partial charge in [0.05, 0.1) is 0 Å². The van der Waals surface area contributed by atoms with E-state index < -0.39 is 0 Å². The number of halogens is 1. The Morgan fingerprint density at radius 2 is 1.73 bits per heavy atom. The molecular formula is C12H27BrOSi. The number of alkyl halides is 1. The van der Waals surface area contributed by atoms with Crippen LogP contribution in [0.2, 0.25) is 5.04 Å². The van der Waals surface area contributed by atoms with Gasteiger partial charge < -0.3 is 4.43 Å². The van der Waals surface area contributed by atoms with Crippen LogP contribution >= 0.6 is 15.9 Å². The molecular weight excluding hydrogens is 268 g/mol. The van der Waals surface area contributed by atoms with E-state index in [1.165, 1.54) is 25.7 Å². The van der Waals surface area contributed by atoms with Gasteiger partial charge in [-0.15, -0.1) is 0 Å². The van der Waals surface area contributed by atoms with Crippen molar-refractivity contribution in [2.24, 2.45) is 5.92 Å². The van der Waals surface area contributed by atoms with Crippen LogP contribution in [-0.2, 0) is 4.43 Å². The number of unbranched alkanes of at least 4 members (excludes halogenated alkanes) is 3. The average molecular weight is 295 g/mol. The van der Waals surface area contributed by atoms with Crippen molar-refractivity contribution in [1.29, 1.82) is 0 Å². The first-order chi connectivity index (χ1) is 7.00. The Bertz CT molecular complexity index is 149. The van der Waals surface area contributed by atoms with Gasteiger partial charge in [-0.3, -0.25) is 0 Å². The van der Waals surface area contributed by atoms with E-state index in [4.69, 9.17) is 4.43 Å². The lowest BCUT2D eigenvalue weighted by molar-refractivity contribution is 0.291. The molecule has 0 radical (unpaired) electrons. The maximum Gasteiger partial charge on any atom is 0.167 e. The lowest BCUT2D eigenvalue weighted by Crippen LogP contribution is -2.22. The molecule has 0 amide bonds. The molecule has 0 aromatic rings. The summed E-state index contributed by atoms with van der Waals surface area (Å²) in [5.41, 5.74) is 0. The molecule has 3 heteroatoms. The van der Waals surface area contributed by atoms with Crippen LogP contribution in [0.5, 0.6) is 0 Å². The number of rotatable bonds is 9. The fraction of sp³-hybridized carbons (Fsp3) is 1.00. The minimum absolute atomic E-state index is 0.357. The van der Waals surface area contributed by atoms with E-state index in [0.717, 1.165) is 17.9 Å². The van der Waals surface area contributed by atoms with Crippen molar-refractivity contribution in [3.8, 4) is 0 Å². The molecule has 0 aromatic carbocycles. The van der Waals surface area contributed by atoms with Crippen molar-refractivity contribution in [3.63, 3.8) is 0 Å². The van der Waals surface area contributed by atoms with Crippen LogP contribution in [0.1, 0.15) is 53.4 Å². The van der Waals surface area contributed by atoms with Crippen LogP contribution < -0.4 is 0 Å². The number of hydrogen-bond donors (Lipinski definition) is 0. The second kappa shape index (κ2) is 8.77. The highest BCUT2D eigenvalue weighted by Gasteiger charge is 2.23. The quantitative estimate of drug-likeness (QED) is 0.356. The van der Waals surface area contributed by atoms with Gasteiger partial charge in [0.1, 0.15) is 0 Å². The molecule has 0 spiro atoms. The molecule has 0 aliphatic rings. The summed E-state index contributed by atoms with van der Waals surface area (Å²) in [6, 6.07) is 0. The SMILES string of the molecule is CC(C)C(C)(C)[SiH2]OCCCCCCBr. The fourth-order valence-electron chi connectivity index (χ4n) is 1.15. The Kier molecular flexibility index (Phi) is 9.15. The predicted octanol–water partition coefficient (Wildman–Crippen LogP) is 3.90. The van der Waals surface area contributed by atoms with Gasteiger partial charge in [0.25, 0.3) is 0 Å². The highest BCUT2D eigenvalue weighted by Crippen LogP contribution is 2.32. The Hall–Kier alpha value is 0.657. The molecule has 0 saturated heterocycles. The third kappa shape index (κ3) is 8.46. The van der Waals surface area contributed by atoms with Crippen molar-refractivity contribution in [1.82, 2.24) is 0 Å². The molecule has 0 aromatic heterocycles. The lowest BCUT2D eigenvalue weighted by Gasteiger charge is -2.28. The molecule has 0 atom stereocenters. The summed E-state index contributed by atoms with van der Waals surface area (Å²) in [6.07, 6.45) is 5.20. The van der Waals surface area contributed by atoms with Gasteiger partial charge in [-0.25, -0.2) is 0 Å². The molecule has 1 nitrogen and oxygen atoms in total. The summed E-state index contributed by atoms with van der Waals surface area (Å²) in [5, 5.41) is 1.60. The summed E-state index contributed by atoms with van der Waals surface area (Å²) >= 11 is 3.45. The van der Waals surface area contributed by atoms with Crippen LogP contribution in [0.3, 0.4) is 0 Å². The Balaban J connectivity index is 3.31. The second-order valence-corrected chi connectivity index (χ2v) is 8.61. The van der Waals surface area contributed by atoms with Crippen LogP contribution in [0.15, 0.2) is 0 Å². The van der Waals surface area contributed by atoms with E-state index in [1.807, 2.05) is 0 Å². The van der Waals surface area contributed by atoms with Crippen LogP contribution in [-0.4, -0.2) is 21.7 Å². The van der Waals surface area contributed by atoms with Gasteiger partial charge in [0, 0.05) is 11.9 Å². The van der Waals surface area contributed by atoms with E-state index in [9.17, 15) is 0 Å². The maximum absolute atomic E-state index is 5.87. The molecule has 0 N–H and O–H groups in total. The first-order valence-corrected chi connectivity index (χ1v) is 8.55. The average Bonchev–Trinajstić information content (AvgIpc) is 2.16. The topological polar surface area (TPSA) is 9.23 Å². The second-order valence-electron chi connectivity index (χ2n) is 5.30. The van der Waals surface area contributed by atoms with E-state index in [0.29, 0.717) is 5.04 Å². The van der Waals surface area contributed by atoms with Crippen LogP contribution in [0.25, 0.3) is 0 Å². The molecule has 0 fully saturated rings. The van der Waals surface area contributed by atoms with Crippen LogP contribution in [0.4, 0.5) is 0 Å². The van der Waals surface area contributed by atoms with Gasteiger partial charge >= 0.3 is 0 Å². The van der Waals surface area contributed by atoms with Gasteiger partial charge in [0.15, 0.2) is 9.76 Å². The summed E-state index contributed by atoms with van der Waals surface area (Å²) in [7, 11) is -0.357. The van der Waals surface area contributed by atoms with Crippen molar-refractivity contribution in [2.45, 2.75) is 58.4 Å². The third-order valence-electron chi connectivity index (χ3n) is 3.21. The van der Waals surface area contributed by atoms with Crippen molar-refractivity contribution in [2.75, 3.05) is 11.9 Å². The normalized spacial score (nSPS) is 13.2. The molecule has 92 valence electrons. The summed E-state index contributed by atoms with van der Waals surface area (Å²) < 4.78 is 5.87. The highest BCUT2D eigenvalue weighted by molar-refractivity contribution is 9.09. The smallest absolute Gasteiger partial charge is 0.167 e. The van der Waals surface area contributed by atoms with Gasteiger partial charge in [-0.05, 0) is 23.8 Å². The molecule has 15 heavy (non-hydrogen) atoms. The minimum atomic E-state index is -0.357. The third-order valence-corrected chi connectivity index (χ3v) is 5.82. The molecule has 0 aliphatic heterocycles. The highest BCUT2D eigenvalue weighted by atomic mass is 79.9. The van der Waals surface area contributed by atoms with E-state index in [-0.39, 0.29) is 9.76 Å². The van der Waals surface area contributed by atoms with Gasteiger partial charge in [-0.1, -0.05) is 56.5 Å². The fourth-order valence-corrected chi connectivity index (χ4v) is 2.76. The lowest BCUT2D eigenvalue weighted by atomic mass is 9.99. The molecule has 0 aliphatic carbocycles.